The minimum absolute atomic E-state index is 0.0801. The molecule has 2 unspecified atom stereocenters. The standard InChI is InChI=1S/C21H22ClN3O3/c1-25-17(7-13-9-20(22)24-11-18(13)25)14-4-3-12(15-10-16(15)21(23)26)8-19(14)28-6-5-27-2/h3-4,7-9,11,15-16H,5-6,10H2,1-2H3,(H2,23,26). The normalized spacial score (nSPS) is 18.4. The Balaban J connectivity index is 1.75. The van der Waals surface area contributed by atoms with Crippen LogP contribution in [0.4, 0.5) is 0 Å². The minimum Gasteiger partial charge on any atom is -0.490 e. The smallest absolute Gasteiger partial charge is 0.221 e. The summed E-state index contributed by atoms with van der Waals surface area (Å²) in [6.45, 7) is 0.930. The Morgan fingerprint density at radius 1 is 1.32 bits per heavy atom. The predicted molar refractivity (Wildman–Crippen MR) is 109 cm³/mol. The molecule has 28 heavy (non-hydrogen) atoms. The molecule has 1 amide bonds. The predicted octanol–water partition coefficient (Wildman–Crippen LogP) is 3.51. The van der Waals surface area contributed by atoms with Crippen molar-refractivity contribution in [1.29, 1.82) is 0 Å². The number of carbonyl (C=O) groups is 1. The third-order valence-electron chi connectivity index (χ3n) is 5.31. The minimum atomic E-state index is -0.242. The lowest BCUT2D eigenvalue weighted by Gasteiger charge is -2.14. The summed E-state index contributed by atoms with van der Waals surface area (Å²) < 4.78 is 13.2. The van der Waals surface area contributed by atoms with Gasteiger partial charge in [0.1, 0.15) is 17.5 Å². The Labute approximate surface area is 168 Å². The van der Waals surface area contributed by atoms with E-state index in [-0.39, 0.29) is 17.7 Å². The molecule has 1 aliphatic carbocycles. The zero-order valence-electron chi connectivity index (χ0n) is 15.8. The van der Waals surface area contributed by atoms with Crippen molar-refractivity contribution in [2.75, 3.05) is 20.3 Å². The number of aromatic nitrogens is 2. The molecule has 146 valence electrons. The number of methoxy groups -OCH3 is 1. The number of nitrogens with zero attached hydrogens (tertiary/aromatic N) is 2. The van der Waals surface area contributed by atoms with Gasteiger partial charge in [-0.25, -0.2) is 4.98 Å². The van der Waals surface area contributed by atoms with Crippen LogP contribution in [0.25, 0.3) is 22.2 Å². The van der Waals surface area contributed by atoms with Crippen LogP contribution in [-0.2, 0) is 16.6 Å². The van der Waals surface area contributed by atoms with Gasteiger partial charge in [-0.1, -0.05) is 17.7 Å². The summed E-state index contributed by atoms with van der Waals surface area (Å²) in [5, 5.41) is 1.48. The van der Waals surface area contributed by atoms with Crippen LogP contribution in [-0.4, -0.2) is 35.8 Å². The van der Waals surface area contributed by atoms with Gasteiger partial charge in [-0.2, -0.15) is 0 Å². The van der Waals surface area contributed by atoms with E-state index in [2.05, 4.69) is 21.7 Å². The quantitative estimate of drug-likeness (QED) is 0.487. The molecular formula is C21H22ClN3O3. The van der Waals surface area contributed by atoms with Crippen LogP contribution in [0.15, 0.2) is 36.5 Å². The summed E-state index contributed by atoms with van der Waals surface area (Å²) >= 11 is 6.05. The fourth-order valence-corrected chi connectivity index (χ4v) is 3.84. The van der Waals surface area contributed by atoms with Gasteiger partial charge in [0.25, 0.3) is 0 Å². The number of ether oxygens (including phenoxy) is 2. The second-order valence-electron chi connectivity index (χ2n) is 7.10. The Kier molecular flexibility index (Phi) is 5.00. The third kappa shape index (κ3) is 3.45. The van der Waals surface area contributed by atoms with E-state index in [1.54, 1.807) is 13.3 Å². The van der Waals surface area contributed by atoms with Gasteiger partial charge in [0.15, 0.2) is 0 Å². The molecule has 1 saturated carbocycles. The number of hydrogen-bond donors (Lipinski definition) is 1. The molecule has 1 fully saturated rings. The number of benzene rings is 1. The lowest BCUT2D eigenvalue weighted by atomic mass is 10.0. The number of amides is 1. The molecule has 2 N–H and O–H groups in total. The number of rotatable bonds is 7. The summed E-state index contributed by atoms with van der Waals surface area (Å²) in [5.74, 6) is 0.610. The van der Waals surface area contributed by atoms with Gasteiger partial charge < -0.3 is 19.8 Å². The van der Waals surface area contributed by atoms with E-state index >= 15 is 0 Å². The van der Waals surface area contributed by atoms with Gasteiger partial charge in [-0.3, -0.25) is 4.79 Å². The van der Waals surface area contributed by atoms with Gasteiger partial charge in [0.2, 0.25) is 5.91 Å². The summed E-state index contributed by atoms with van der Waals surface area (Å²) in [4.78, 5) is 15.6. The second-order valence-corrected chi connectivity index (χ2v) is 7.49. The van der Waals surface area contributed by atoms with E-state index in [1.807, 2.05) is 25.2 Å². The highest BCUT2D eigenvalue weighted by Crippen LogP contribution is 2.49. The molecule has 2 aromatic heterocycles. The summed E-state index contributed by atoms with van der Waals surface area (Å²) in [5.41, 5.74) is 9.48. The van der Waals surface area contributed by atoms with Gasteiger partial charge in [-0.05, 0) is 42.2 Å². The average molecular weight is 400 g/mol. The molecule has 1 aromatic carbocycles. The van der Waals surface area contributed by atoms with Gasteiger partial charge in [-0.15, -0.1) is 0 Å². The Hall–Kier alpha value is -2.57. The van der Waals surface area contributed by atoms with E-state index in [4.69, 9.17) is 26.8 Å². The average Bonchev–Trinajstić information content (AvgIpc) is 3.41. The molecule has 0 radical (unpaired) electrons. The summed E-state index contributed by atoms with van der Waals surface area (Å²) in [6, 6.07) is 10.0. The number of halogens is 1. The van der Waals surface area contributed by atoms with Gasteiger partial charge in [0.05, 0.1) is 24.0 Å². The summed E-state index contributed by atoms with van der Waals surface area (Å²) in [7, 11) is 3.63. The molecule has 7 heteroatoms. The lowest BCUT2D eigenvalue weighted by Crippen LogP contribution is -2.13. The van der Waals surface area contributed by atoms with Crippen molar-refractivity contribution in [1.82, 2.24) is 9.55 Å². The highest BCUT2D eigenvalue weighted by atomic mass is 35.5. The van der Waals surface area contributed by atoms with E-state index in [0.717, 1.165) is 39.9 Å². The number of fused-ring (bicyclic) bond motifs is 1. The van der Waals surface area contributed by atoms with Crippen molar-refractivity contribution >= 4 is 28.4 Å². The Bertz CT molecular complexity index is 1050. The molecule has 1 aliphatic rings. The molecule has 0 aliphatic heterocycles. The third-order valence-corrected chi connectivity index (χ3v) is 5.51. The van der Waals surface area contributed by atoms with Crippen molar-refractivity contribution in [2.24, 2.45) is 18.7 Å². The van der Waals surface area contributed by atoms with Crippen molar-refractivity contribution in [3.05, 3.63) is 47.2 Å². The van der Waals surface area contributed by atoms with Crippen LogP contribution in [0.3, 0.4) is 0 Å². The number of pyridine rings is 1. The van der Waals surface area contributed by atoms with Crippen molar-refractivity contribution < 1.29 is 14.3 Å². The monoisotopic (exact) mass is 399 g/mol. The van der Waals surface area contributed by atoms with E-state index in [9.17, 15) is 4.79 Å². The van der Waals surface area contributed by atoms with E-state index in [1.165, 1.54) is 0 Å². The fourth-order valence-electron chi connectivity index (χ4n) is 3.68. The molecule has 3 aromatic rings. The zero-order valence-corrected chi connectivity index (χ0v) is 16.6. The first-order valence-corrected chi connectivity index (χ1v) is 9.53. The first-order chi connectivity index (χ1) is 13.5. The van der Waals surface area contributed by atoms with Gasteiger partial charge in [0, 0.05) is 31.0 Å². The first kappa shape index (κ1) is 18.8. The molecule has 0 bridgehead atoms. The van der Waals surface area contributed by atoms with E-state index in [0.29, 0.717) is 18.4 Å². The molecule has 2 atom stereocenters. The van der Waals surface area contributed by atoms with Crippen molar-refractivity contribution in [3.63, 3.8) is 0 Å². The topological polar surface area (TPSA) is 79.4 Å². The lowest BCUT2D eigenvalue weighted by molar-refractivity contribution is -0.119. The fraction of sp³-hybridized carbons (Fsp3) is 0.333. The molecule has 0 saturated heterocycles. The highest BCUT2D eigenvalue weighted by Gasteiger charge is 2.43. The first-order valence-electron chi connectivity index (χ1n) is 9.16. The van der Waals surface area contributed by atoms with Crippen LogP contribution in [0.1, 0.15) is 17.9 Å². The van der Waals surface area contributed by atoms with Crippen molar-refractivity contribution in [3.8, 4) is 17.0 Å². The number of hydrogen-bond acceptors (Lipinski definition) is 4. The Morgan fingerprint density at radius 3 is 2.86 bits per heavy atom. The number of nitrogens with two attached hydrogens (primary N) is 1. The number of carbonyl (C=O) groups excluding carboxylic acids is 1. The van der Waals surface area contributed by atoms with E-state index < -0.39 is 0 Å². The molecule has 4 rings (SSSR count). The van der Waals surface area contributed by atoms with Crippen LogP contribution >= 0.6 is 11.6 Å². The Morgan fingerprint density at radius 2 is 2.14 bits per heavy atom. The number of primary amides is 1. The second kappa shape index (κ2) is 7.45. The maximum Gasteiger partial charge on any atom is 0.221 e. The number of aryl methyl sites for hydroxylation is 1. The molecule has 6 nitrogen and oxygen atoms in total. The van der Waals surface area contributed by atoms with Crippen LogP contribution in [0.5, 0.6) is 5.75 Å². The van der Waals surface area contributed by atoms with Crippen molar-refractivity contribution in [2.45, 2.75) is 12.3 Å². The zero-order chi connectivity index (χ0) is 19.8. The highest BCUT2D eigenvalue weighted by molar-refractivity contribution is 6.30. The van der Waals surface area contributed by atoms with Gasteiger partial charge >= 0.3 is 0 Å². The SMILES string of the molecule is COCCOc1cc(C2CC2C(N)=O)ccc1-c1cc2cc(Cl)ncc2n1C. The van der Waals surface area contributed by atoms with Crippen LogP contribution in [0, 0.1) is 5.92 Å². The maximum atomic E-state index is 11.5. The molecular weight excluding hydrogens is 378 g/mol. The molecule has 2 heterocycles. The summed E-state index contributed by atoms with van der Waals surface area (Å²) in [6.07, 6.45) is 2.56. The maximum absolute atomic E-state index is 11.5. The molecule has 0 spiro atoms. The largest absolute Gasteiger partial charge is 0.490 e. The van der Waals surface area contributed by atoms with Crippen LogP contribution < -0.4 is 10.5 Å². The van der Waals surface area contributed by atoms with Crippen LogP contribution in [0.2, 0.25) is 5.15 Å².